The molecule has 1 heterocycles. The number of halogens is 1. The van der Waals surface area contributed by atoms with Crippen LogP contribution in [-0.2, 0) is 15.1 Å². The Morgan fingerprint density at radius 3 is 2.28 bits per heavy atom. The molecule has 100 valence electrons. The summed E-state index contributed by atoms with van der Waals surface area (Å²) < 4.78 is 5.76. The normalized spacial score (nSPS) is 14.3. The van der Waals surface area contributed by atoms with E-state index in [-0.39, 0.29) is 17.7 Å². The van der Waals surface area contributed by atoms with Crippen molar-refractivity contribution in [2.24, 2.45) is 0 Å². The van der Waals surface area contributed by atoms with Gasteiger partial charge in [-0.3, -0.25) is 4.79 Å². The molecule has 1 atom stereocenters. The number of rotatable bonds is 4. The molecule has 0 spiro atoms. The molecular formula is C12H16BrNO4. The van der Waals surface area contributed by atoms with Gasteiger partial charge in [0.15, 0.2) is 10.2 Å². The van der Waals surface area contributed by atoms with Gasteiger partial charge < -0.3 is 14.4 Å². The van der Waals surface area contributed by atoms with Crippen molar-refractivity contribution in [3.05, 3.63) is 22.6 Å². The topological polar surface area (TPSA) is 70.8 Å². The van der Waals surface area contributed by atoms with E-state index in [4.69, 9.17) is 4.42 Å². The van der Waals surface area contributed by atoms with Gasteiger partial charge in [-0.15, -0.1) is 0 Å². The molecule has 1 unspecified atom stereocenters. The molecule has 1 aromatic heterocycles. The van der Waals surface area contributed by atoms with E-state index in [0.717, 1.165) is 0 Å². The first-order valence-electron chi connectivity index (χ1n) is 5.50. The predicted molar refractivity (Wildman–Crippen MR) is 69.1 cm³/mol. The first-order valence-corrected chi connectivity index (χ1v) is 6.29. The number of carboxylic acid groups (broad SMARTS) is 1. The number of carbonyl (C=O) groups excluding carboxylic acids is 1. The maximum Gasteiger partial charge on any atom is 0.337 e. The first kappa shape index (κ1) is 14.8. The second-order valence-corrected chi connectivity index (χ2v) is 5.25. The molecule has 1 rings (SSSR count). The Labute approximate surface area is 114 Å². The summed E-state index contributed by atoms with van der Waals surface area (Å²) in [7, 11) is 0. The number of furan rings is 1. The van der Waals surface area contributed by atoms with Crippen molar-refractivity contribution in [3.8, 4) is 0 Å². The predicted octanol–water partition coefficient (Wildman–Crippen LogP) is 2.60. The summed E-state index contributed by atoms with van der Waals surface area (Å²) >= 11 is 3.13. The van der Waals surface area contributed by atoms with E-state index >= 15 is 0 Å². The Morgan fingerprint density at radius 1 is 1.44 bits per heavy atom. The second kappa shape index (κ2) is 5.14. The Morgan fingerprint density at radius 2 is 2.00 bits per heavy atom. The maximum absolute atomic E-state index is 11.7. The number of amides is 1. The minimum Gasteiger partial charge on any atom is -0.479 e. The minimum atomic E-state index is -1.52. The van der Waals surface area contributed by atoms with Gasteiger partial charge in [0.2, 0.25) is 5.91 Å². The lowest BCUT2D eigenvalue weighted by atomic mass is 9.94. The number of carboxylic acids is 1. The molecule has 0 saturated carbocycles. The van der Waals surface area contributed by atoms with Crippen molar-refractivity contribution in [1.82, 2.24) is 4.90 Å². The summed E-state index contributed by atoms with van der Waals surface area (Å²) in [6.45, 7) is 6.34. The molecule has 0 fully saturated rings. The molecule has 0 aliphatic heterocycles. The van der Waals surface area contributed by atoms with Crippen LogP contribution in [0.5, 0.6) is 0 Å². The number of nitrogens with zero attached hydrogens (tertiary/aromatic N) is 1. The first-order chi connectivity index (χ1) is 8.21. The van der Waals surface area contributed by atoms with Crippen LogP contribution in [0.2, 0.25) is 0 Å². The van der Waals surface area contributed by atoms with E-state index < -0.39 is 11.5 Å². The third-order valence-corrected chi connectivity index (χ3v) is 3.23. The van der Waals surface area contributed by atoms with Crippen LogP contribution in [0, 0.1) is 0 Å². The largest absolute Gasteiger partial charge is 0.479 e. The van der Waals surface area contributed by atoms with Crippen LogP contribution in [0.25, 0.3) is 0 Å². The molecule has 0 saturated heterocycles. The van der Waals surface area contributed by atoms with Crippen LogP contribution in [0.4, 0.5) is 0 Å². The summed E-state index contributed by atoms with van der Waals surface area (Å²) in [5.74, 6) is -1.23. The third-order valence-electron chi connectivity index (χ3n) is 2.81. The average molecular weight is 318 g/mol. The van der Waals surface area contributed by atoms with E-state index in [9.17, 15) is 14.7 Å². The van der Waals surface area contributed by atoms with Gasteiger partial charge in [-0.2, -0.15) is 0 Å². The molecular weight excluding hydrogens is 302 g/mol. The molecule has 0 aliphatic rings. The van der Waals surface area contributed by atoms with Gasteiger partial charge in [0, 0.05) is 13.0 Å². The van der Waals surface area contributed by atoms with Gasteiger partial charge in [-0.1, -0.05) is 0 Å². The summed E-state index contributed by atoms with van der Waals surface area (Å²) in [6, 6.07) is 2.90. The Bertz CT molecular complexity index is 468. The van der Waals surface area contributed by atoms with E-state index in [1.165, 1.54) is 18.7 Å². The fourth-order valence-corrected chi connectivity index (χ4v) is 2.40. The van der Waals surface area contributed by atoms with Crippen molar-refractivity contribution in [3.63, 3.8) is 0 Å². The monoisotopic (exact) mass is 317 g/mol. The van der Waals surface area contributed by atoms with Crippen LogP contribution in [0.1, 0.15) is 33.5 Å². The van der Waals surface area contributed by atoms with E-state index in [2.05, 4.69) is 15.9 Å². The van der Waals surface area contributed by atoms with Gasteiger partial charge in [0.1, 0.15) is 5.76 Å². The number of hydrogen-bond donors (Lipinski definition) is 1. The van der Waals surface area contributed by atoms with Crippen molar-refractivity contribution in [1.29, 1.82) is 0 Å². The zero-order valence-electron chi connectivity index (χ0n) is 10.7. The molecule has 0 bridgehead atoms. The molecule has 1 N–H and O–H groups in total. The lowest BCUT2D eigenvalue weighted by Gasteiger charge is -2.38. The van der Waals surface area contributed by atoms with Crippen LogP contribution in [-0.4, -0.2) is 27.9 Å². The van der Waals surface area contributed by atoms with E-state index in [1.807, 2.05) is 0 Å². The Balaban J connectivity index is 3.39. The van der Waals surface area contributed by atoms with Crippen LogP contribution in [0.3, 0.4) is 0 Å². The molecule has 6 heteroatoms. The van der Waals surface area contributed by atoms with Crippen molar-refractivity contribution < 1.29 is 19.1 Å². The zero-order valence-corrected chi connectivity index (χ0v) is 12.3. The summed E-state index contributed by atoms with van der Waals surface area (Å²) in [6.07, 6.45) is 0. The van der Waals surface area contributed by atoms with E-state index in [1.54, 1.807) is 26.0 Å². The van der Waals surface area contributed by atoms with E-state index in [0.29, 0.717) is 4.67 Å². The number of carbonyl (C=O) groups is 2. The van der Waals surface area contributed by atoms with Crippen LogP contribution in [0.15, 0.2) is 21.2 Å². The van der Waals surface area contributed by atoms with Crippen molar-refractivity contribution in [2.45, 2.75) is 39.3 Å². The van der Waals surface area contributed by atoms with Gasteiger partial charge in [-0.25, -0.2) is 4.79 Å². The molecule has 0 aromatic carbocycles. The summed E-state index contributed by atoms with van der Waals surface area (Å²) in [5, 5.41) is 9.49. The maximum atomic E-state index is 11.7. The SMILES string of the molecule is CC(=O)N(C(C)C)C(C)(C(=O)O)c1ccc(Br)o1. The fourth-order valence-electron chi connectivity index (χ4n) is 2.10. The van der Waals surface area contributed by atoms with Gasteiger partial charge in [0.25, 0.3) is 0 Å². The molecule has 0 radical (unpaired) electrons. The number of hydrogen-bond acceptors (Lipinski definition) is 3. The van der Waals surface area contributed by atoms with Crippen molar-refractivity contribution >= 4 is 27.8 Å². The van der Waals surface area contributed by atoms with Gasteiger partial charge in [-0.05, 0) is 48.8 Å². The third kappa shape index (κ3) is 2.43. The van der Waals surface area contributed by atoms with Crippen molar-refractivity contribution in [2.75, 3.05) is 0 Å². The smallest absolute Gasteiger partial charge is 0.337 e. The quantitative estimate of drug-likeness (QED) is 0.926. The lowest BCUT2D eigenvalue weighted by molar-refractivity contribution is -0.162. The average Bonchev–Trinajstić information content (AvgIpc) is 2.63. The van der Waals surface area contributed by atoms with Gasteiger partial charge >= 0.3 is 5.97 Å². The second-order valence-electron chi connectivity index (χ2n) is 4.46. The Hall–Kier alpha value is -1.30. The van der Waals surface area contributed by atoms with Crippen LogP contribution < -0.4 is 0 Å². The fraction of sp³-hybridized carbons (Fsp3) is 0.500. The zero-order chi connectivity index (χ0) is 14.1. The van der Waals surface area contributed by atoms with Gasteiger partial charge in [0.05, 0.1) is 0 Å². The summed E-state index contributed by atoms with van der Waals surface area (Å²) in [4.78, 5) is 24.6. The summed E-state index contributed by atoms with van der Waals surface area (Å²) in [5.41, 5.74) is -1.52. The standard InChI is InChI=1S/C12H16BrNO4/c1-7(2)14(8(3)15)12(4,11(16)17)9-5-6-10(13)18-9/h5-7H,1-4H3,(H,16,17). The molecule has 18 heavy (non-hydrogen) atoms. The highest BCUT2D eigenvalue weighted by Gasteiger charge is 2.47. The number of aliphatic carboxylic acids is 1. The minimum absolute atomic E-state index is 0.214. The molecule has 1 aromatic rings. The highest BCUT2D eigenvalue weighted by atomic mass is 79.9. The van der Waals surface area contributed by atoms with Crippen LogP contribution >= 0.6 is 15.9 Å². The molecule has 1 amide bonds. The highest BCUT2D eigenvalue weighted by Crippen LogP contribution is 2.33. The Kier molecular flexibility index (Phi) is 4.21. The lowest BCUT2D eigenvalue weighted by Crippen LogP contribution is -2.54. The highest BCUT2D eigenvalue weighted by molar-refractivity contribution is 9.10. The molecule has 5 nitrogen and oxygen atoms in total. The molecule has 0 aliphatic carbocycles.